The van der Waals surface area contributed by atoms with Crippen LogP contribution < -0.4 is 0 Å². The third kappa shape index (κ3) is 4.55. The van der Waals surface area contributed by atoms with Gasteiger partial charge in [0.15, 0.2) is 0 Å². The van der Waals surface area contributed by atoms with Gasteiger partial charge in [-0.1, -0.05) is 45.4 Å². The normalized spacial score (nSPS) is 10.8. The fourth-order valence-electron chi connectivity index (χ4n) is 2.30. The molecule has 0 aliphatic carbocycles. The molecule has 1 aromatic heterocycles. The van der Waals surface area contributed by atoms with Gasteiger partial charge < -0.3 is 9.67 Å². The van der Waals surface area contributed by atoms with E-state index in [1.165, 1.54) is 38.5 Å². The summed E-state index contributed by atoms with van der Waals surface area (Å²) in [6, 6.07) is 1.88. The lowest BCUT2D eigenvalue weighted by Gasteiger charge is -2.07. The number of aromatic carboxylic acids is 1. The summed E-state index contributed by atoms with van der Waals surface area (Å²) in [5.74, 6) is -0.819. The first-order chi connectivity index (χ1) is 8.66. The van der Waals surface area contributed by atoms with Crippen molar-refractivity contribution in [1.29, 1.82) is 0 Å². The maximum absolute atomic E-state index is 11.1. The zero-order valence-electron chi connectivity index (χ0n) is 11.6. The highest BCUT2D eigenvalue weighted by Gasteiger charge is 2.12. The highest BCUT2D eigenvalue weighted by atomic mass is 16.4. The van der Waals surface area contributed by atoms with Crippen LogP contribution in [0.2, 0.25) is 0 Å². The Hall–Kier alpha value is -1.25. The van der Waals surface area contributed by atoms with Gasteiger partial charge in [-0.15, -0.1) is 0 Å². The summed E-state index contributed by atoms with van der Waals surface area (Å²) in [7, 11) is 0. The van der Waals surface area contributed by atoms with Crippen LogP contribution in [-0.2, 0) is 6.54 Å². The molecular formula is C15H25NO2. The van der Waals surface area contributed by atoms with Gasteiger partial charge in [-0.2, -0.15) is 0 Å². The van der Waals surface area contributed by atoms with E-state index in [2.05, 4.69) is 6.92 Å². The summed E-state index contributed by atoms with van der Waals surface area (Å²) in [6.45, 7) is 4.90. The van der Waals surface area contributed by atoms with Crippen LogP contribution in [0.3, 0.4) is 0 Å². The Bertz CT molecular complexity index is 369. The molecule has 1 rings (SSSR count). The van der Waals surface area contributed by atoms with E-state index in [1.807, 2.05) is 23.8 Å². The van der Waals surface area contributed by atoms with Crippen LogP contribution in [0.1, 0.15) is 67.9 Å². The summed E-state index contributed by atoms with van der Waals surface area (Å²) < 4.78 is 1.86. The number of carboxylic acid groups (broad SMARTS) is 1. The molecule has 3 nitrogen and oxygen atoms in total. The maximum Gasteiger partial charge on any atom is 0.352 e. The highest BCUT2D eigenvalue weighted by Crippen LogP contribution is 2.13. The van der Waals surface area contributed by atoms with Gasteiger partial charge in [-0.05, 0) is 25.0 Å². The summed E-state index contributed by atoms with van der Waals surface area (Å²) in [5, 5.41) is 9.11. The Morgan fingerprint density at radius 1 is 1.17 bits per heavy atom. The summed E-state index contributed by atoms with van der Waals surface area (Å²) in [6.07, 6.45) is 10.7. The zero-order chi connectivity index (χ0) is 13.4. The van der Waals surface area contributed by atoms with Crippen LogP contribution in [0, 0.1) is 6.92 Å². The smallest absolute Gasteiger partial charge is 0.352 e. The van der Waals surface area contributed by atoms with E-state index in [0.717, 1.165) is 18.5 Å². The lowest BCUT2D eigenvalue weighted by atomic mass is 10.1. The highest BCUT2D eigenvalue weighted by molar-refractivity contribution is 5.87. The molecule has 0 bridgehead atoms. The van der Waals surface area contributed by atoms with Crippen LogP contribution in [0.5, 0.6) is 0 Å². The van der Waals surface area contributed by atoms with Crippen molar-refractivity contribution in [2.45, 2.75) is 65.3 Å². The van der Waals surface area contributed by atoms with Crippen molar-refractivity contribution in [2.24, 2.45) is 0 Å². The second kappa shape index (κ2) is 7.96. The zero-order valence-corrected chi connectivity index (χ0v) is 11.6. The summed E-state index contributed by atoms with van der Waals surface area (Å²) >= 11 is 0. The average Bonchev–Trinajstić information content (AvgIpc) is 2.69. The van der Waals surface area contributed by atoms with Crippen LogP contribution in [0.4, 0.5) is 0 Å². The van der Waals surface area contributed by atoms with E-state index in [-0.39, 0.29) is 0 Å². The molecule has 0 saturated heterocycles. The number of rotatable bonds is 9. The minimum atomic E-state index is -0.819. The lowest BCUT2D eigenvalue weighted by molar-refractivity contribution is 0.0684. The van der Waals surface area contributed by atoms with Crippen molar-refractivity contribution in [3.8, 4) is 0 Å². The first-order valence-corrected chi connectivity index (χ1v) is 7.05. The second-order valence-corrected chi connectivity index (χ2v) is 4.97. The van der Waals surface area contributed by atoms with Crippen molar-refractivity contribution < 1.29 is 9.90 Å². The Morgan fingerprint density at radius 3 is 2.39 bits per heavy atom. The minimum Gasteiger partial charge on any atom is -0.477 e. The lowest BCUT2D eigenvalue weighted by Crippen LogP contribution is -2.09. The Balaban J connectivity index is 2.25. The summed E-state index contributed by atoms with van der Waals surface area (Å²) in [5.41, 5.74) is 1.30. The molecule has 0 aromatic carbocycles. The topological polar surface area (TPSA) is 42.2 Å². The minimum absolute atomic E-state index is 0.445. The molecule has 0 radical (unpaired) electrons. The fourth-order valence-corrected chi connectivity index (χ4v) is 2.30. The number of unbranched alkanes of at least 4 members (excludes halogenated alkanes) is 6. The molecule has 0 amide bonds. The molecule has 0 aliphatic heterocycles. The van der Waals surface area contributed by atoms with Crippen LogP contribution in [0.15, 0.2) is 12.3 Å². The van der Waals surface area contributed by atoms with E-state index in [4.69, 9.17) is 5.11 Å². The molecule has 0 atom stereocenters. The maximum atomic E-state index is 11.1. The Morgan fingerprint density at radius 2 is 1.78 bits per heavy atom. The number of carboxylic acids is 1. The number of nitrogens with zero attached hydrogens (tertiary/aromatic N) is 1. The second-order valence-electron chi connectivity index (χ2n) is 4.97. The molecular weight excluding hydrogens is 226 g/mol. The van der Waals surface area contributed by atoms with Gasteiger partial charge in [0.05, 0.1) is 0 Å². The molecule has 0 fully saturated rings. The number of aromatic nitrogens is 1. The number of carbonyl (C=O) groups is 1. The molecule has 3 heteroatoms. The predicted molar refractivity (Wildman–Crippen MR) is 74.1 cm³/mol. The van der Waals surface area contributed by atoms with E-state index in [1.54, 1.807) is 0 Å². The van der Waals surface area contributed by atoms with Crippen LogP contribution >= 0.6 is 0 Å². The van der Waals surface area contributed by atoms with Crippen molar-refractivity contribution in [3.05, 3.63) is 23.5 Å². The molecule has 0 saturated carbocycles. The Labute approximate surface area is 110 Å². The third-order valence-corrected chi connectivity index (χ3v) is 3.37. The number of aryl methyl sites for hydroxylation is 2. The molecule has 102 valence electrons. The van der Waals surface area contributed by atoms with Gasteiger partial charge in [-0.3, -0.25) is 0 Å². The molecule has 0 aliphatic rings. The molecule has 0 unspecified atom stereocenters. The fraction of sp³-hybridized carbons (Fsp3) is 0.667. The first-order valence-electron chi connectivity index (χ1n) is 7.05. The average molecular weight is 251 g/mol. The molecule has 1 heterocycles. The summed E-state index contributed by atoms with van der Waals surface area (Å²) in [4.78, 5) is 11.1. The van der Waals surface area contributed by atoms with Crippen LogP contribution in [0.25, 0.3) is 0 Å². The molecule has 1 aromatic rings. The molecule has 1 N–H and O–H groups in total. The van der Waals surface area contributed by atoms with Gasteiger partial charge in [0.2, 0.25) is 0 Å². The standard InChI is InChI=1S/C15H25NO2/c1-3-4-5-6-7-8-9-11-16-12-10-13(2)14(16)15(17)18/h10,12H,3-9,11H2,1-2H3,(H,17,18). The molecule has 18 heavy (non-hydrogen) atoms. The van der Waals surface area contributed by atoms with Crippen molar-refractivity contribution >= 4 is 5.97 Å². The number of hydrogen-bond donors (Lipinski definition) is 1. The SMILES string of the molecule is CCCCCCCCCn1ccc(C)c1C(=O)O. The van der Waals surface area contributed by atoms with Crippen molar-refractivity contribution in [1.82, 2.24) is 4.57 Å². The Kier molecular flexibility index (Phi) is 6.55. The van der Waals surface area contributed by atoms with Gasteiger partial charge in [0.25, 0.3) is 0 Å². The third-order valence-electron chi connectivity index (χ3n) is 3.37. The van der Waals surface area contributed by atoms with Gasteiger partial charge in [-0.25, -0.2) is 4.79 Å². The van der Waals surface area contributed by atoms with Gasteiger partial charge >= 0.3 is 5.97 Å². The predicted octanol–water partition coefficient (Wildman–Crippen LogP) is 4.25. The monoisotopic (exact) mass is 251 g/mol. The largest absolute Gasteiger partial charge is 0.477 e. The van der Waals surface area contributed by atoms with Gasteiger partial charge in [0, 0.05) is 12.7 Å². The van der Waals surface area contributed by atoms with Gasteiger partial charge in [0.1, 0.15) is 5.69 Å². The van der Waals surface area contributed by atoms with Crippen LogP contribution in [-0.4, -0.2) is 15.6 Å². The molecule has 0 spiro atoms. The number of hydrogen-bond acceptors (Lipinski definition) is 1. The van der Waals surface area contributed by atoms with E-state index in [0.29, 0.717) is 5.69 Å². The first kappa shape index (κ1) is 14.8. The quantitative estimate of drug-likeness (QED) is 0.667. The van der Waals surface area contributed by atoms with E-state index < -0.39 is 5.97 Å². The van der Waals surface area contributed by atoms with E-state index in [9.17, 15) is 4.79 Å². The van der Waals surface area contributed by atoms with E-state index >= 15 is 0 Å². The van der Waals surface area contributed by atoms with Crippen molar-refractivity contribution in [2.75, 3.05) is 0 Å². The van der Waals surface area contributed by atoms with Crippen molar-refractivity contribution in [3.63, 3.8) is 0 Å².